The van der Waals surface area contributed by atoms with Crippen molar-refractivity contribution in [2.24, 2.45) is 0 Å². The summed E-state index contributed by atoms with van der Waals surface area (Å²) < 4.78 is 20.7. The highest BCUT2D eigenvalue weighted by Gasteiger charge is 2.27. The van der Waals surface area contributed by atoms with Crippen LogP contribution in [-0.2, 0) is 6.54 Å². The Morgan fingerprint density at radius 2 is 2.24 bits per heavy atom. The zero-order valence-electron chi connectivity index (χ0n) is 12.5. The van der Waals surface area contributed by atoms with Gasteiger partial charge in [-0.05, 0) is 19.4 Å². The van der Waals surface area contributed by atoms with Gasteiger partial charge in [0.2, 0.25) is 5.95 Å². The molecule has 6 heteroatoms. The second kappa shape index (κ2) is 5.52. The van der Waals surface area contributed by atoms with E-state index in [9.17, 15) is 4.39 Å². The molecule has 0 radical (unpaired) electrons. The van der Waals surface area contributed by atoms with Gasteiger partial charge >= 0.3 is 0 Å². The number of imidazole rings is 1. The normalized spacial score (nSPS) is 15.0. The third-order valence-corrected chi connectivity index (χ3v) is 4.13. The van der Waals surface area contributed by atoms with Crippen LogP contribution in [0.2, 0.25) is 0 Å². The average molecular weight is 292 g/mol. The highest BCUT2D eigenvalue weighted by Crippen LogP contribution is 2.28. The molecule has 3 rings (SSSR count). The number of fused-ring (bicyclic) bond motifs is 1. The Bertz CT molecular complexity index is 651. The summed E-state index contributed by atoms with van der Waals surface area (Å²) in [6.07, 6.45) is 2.57. The zero-order chi connectivity index (χ0) is 15.0. The maximum absolute atomic E-state index is 13.7. The van der Waals surface area contributed by atoms with Crippen molar-refractivity contribution in [1.29, 1.82) is 0 Å². The predicted molar refractivity (Wildman–Crippen MR) is 80.9 cm³/mol. The minimum absolute atomic E-state index is 0.221. The lowest BCUT2D eigenvalue weighted by molar-refractivity contribution is 0.268. The predicted octanol–water partition coefficient (Wildman–Crippen LogP) is 2.25. The fourth-order valence-electron chi connectivity index (χ4n) is 2.80. The molecule has 0 spiro atoms. The number of aromatic nitrogens is 2. The molecule has 1 aromatic heterocycles. The summed E-state index contributed by atoms with van der Waals surface area (Å²) in [6.45, 7) is 4.89. The quantitative estimate of drug-likeness (QED) is 0.887. The molecule has 1 aliphatic carbocycles. The Kier molecular flexibility index (Phi) is 3.71. The van der Waals surface area contributed by atoms with E-state index in [0.29, 0.717) is 11.5 Å². The van der Waals surface area contributed by atoms with Gasteiger partial charge in [-0.1, -0.05) is 6.92 Å². The summed E-state index contributed by atoms with van der Waals surface area (Å²) in [6, 6.07) is 3.76. The standard InChI is InChI=1S/C15H21FN4O/c1-3-19(10-4-5-10)6-7-20-13-9-14(21-2)11(16)8-12(13)18-15(20)17/h8-10H,3-7H2,1-2H3,(H2,17,18). The molecule has 2 aromatic rings. The molecular weight excluding hydrogens is 271 g/mol. The molecule has 2 N–H and O–H groups in total. The number of methoxy groups -OCH3 is 1. The first-order chi connectivity index (χ1) is 10.1. The van der Waals surface area contributed by atoms with Crippen LogP contribution >= 0.6 is 0 Å². The number of hydrogen-bond donors (Lipinski definition) is 1. The Balaban J connectivity index is 1.88. The van der Waals surface area contributed by atoms with E-state index in [2.05, 4.69) is 16.8 Å². The molecule has 0 saturated heterocycles. The van der Waals surface area contributed by atoms with Crippen LogP contribution in [-0.4, -0.2) is 40.7 Å². The molecule has 1 aliphatic rings. The third-order valence-electron chi connectivity index (χ3n) is 4.13. The second-order valence-electron chi connectivity index (χ2n) is 5.46. The summed E-state index contributed by atoms with van der Waals surface area (Å²) in [5.74, 6) is 0.227. The van der Waals surface area contributed by atoms with Crippen LogP contribution in [0.4, 0.5) is 10.3 Å². The number of nitrogen functional groups attached to an aromatic ring is 1. The second-order valence-corrected chi connectivity index (χ2v) is 5.46. The van der Waals surface area contributed by atoms with Gasteiger partial charge in [-0.15, -0.1) is 0 Å². The maximum atomic E-state index is 13.7. The summed E-state index contributed by atoms with van der Waals surface area (Å²) in [7, 11) is 1.46. The highest BCUT2D eigenvalue weighted by atomic mass is 19.1. The van der Waals surface area contributed by atoms with E-state index in [0.717, 1.165) is 31.2 Å². The van der Waals surface area contributed by atoms with E-state index in [4.69, 9.17) is 10.5 Å². The van der Waals surface area contributed by atoms with Crippen molar-refractivity contribution in [2.45, 2.75) is 32.4 Å². The fraction of sp³-hybridized carbons (Fsp3) is 0.533. The monoisotopic (exact) mass is 292 g/mol. The van der Waals surface area contributed by atoms with Gasteiger partial charge in [0.15, 0.2) is 11.6 Å². The number of anilines is 1. The number of hydrogen-bond acceptors (Lipinski definition) is 4. The molecule has 1 saturated carbocycles. The number of likely N-dealkylation sites (N-methyl/N-ethyl adjacent to an activating group) is 1. The van der Waals surface area contributed by atoms with Crippen LogP contribution in [0.3, 0.4) is 0 Å². The van der Waals surface area contributed by atoms with E-state index >= 15 is 0 Å². The molecule has 0 atom stereocenters. The number of ether oxygens (including phenoxy) is 1. The van der Waals surface area contributed by atoms with Crippen LogP contribution in [0, 0.1) is 5.82 Å². The largest absolute Gasteiger partial charge is 0.494 e. The van der Waals surface area contributed by atoms with E-state index in [1.165, 1.54) is 26.0 Å². The number of rotatable bonds is 6. The number of halogens is 1. The van der Waals surface area contributed by atoms with E-state index in [1.807, 2.05) is 4.57 Å². The van der Waals surface area contributed by atoms with Crippen molar-refractivity contribution in [3.05, 3.63) is 17.9 Å². The molecule has 0 amide bonds. The molecule has 114 valence electrons. The number of nitrogens with zero attached hydrogens (tertiary/aromatic N) is 3. The lowest BCUT2D eigenvalue weighted by atomic mass is 10.3. The van der Waals surface area contributed by atoms with Crippen molar-refractivity contribution in [3.8, 4) is 5.75 Å². The van der Waals surface area contributed by atoms with Crippen LogP contribution in [0.5, 0.6) is 5.75 Å². The first kappa shape index (κ1) is 14.1. The Labute approximate surface area is 123 Å². The van der Waals surface area contributed by atoms with Gasteiger partial charge in [-0.25, -0.2) is 9.37 Å². The molecule has 1 fully saturated rings. The average Bonchev–Trinajstić information content (AvgIpc) is 3.25. The zero-order valence-corrected chi connectivity index (χ0v) is 12.5. The Hall–Kier alpha value is -1.82. The first-order valence-corrected chi connectivity index (χ1v) is 7.37. The molecule has 1 heterocycles. The topological polar surface area (TPSA) is 56.3 Å². The Morgan fingerprint density at radius 1 is 1.48 bits per heavy atom. The molecule has 0 unspecified atom stereocenters. The molecule has 0 aliphatic heterocycles. The summed E-state index contributed by atoms with van der Waals surface area (Å²) in [4.78, 5) is 6.69. The minimum atomic E-state index is -0.414. The Morgan fingerprint density at radius 3 is 2.86 bits per heavy atom. The first-order valence-electron chi connectivity index (χ1n) is 7.37. The van der Waals surface area contributed by atoms with Gasteiger partial charge < -0.3 is 15.0 Å². The SMILES string of the molecule is CCN(CCn1c(N)nc2cc(F)c(OC)cc21)C1CC1. The van der Waals surface area contributed by atoms with Gasteiger partial charge in [0.05, 0.1) is 18.1 Å². The summed E-state index contributed by atoms with van der Waals surface area (Å²) >= 11 is 0. The van der Waals surface area contributed by atoms with Crippen LogP contribution < -0.4 is 10.5 Å². The van der Waals surface area contributed by atoms with Gasteiger partial charge in [0.1, 0.15) is 0 Å². The van der Waals surface area contributed by atoms with Crippen molar-refractivity contribution in [1.82, 2.24) is 14.5 Å². The van der Waals surface area contributed by atoms with Crippen molar-refractivity contribution in [3.63, 3.8) is 0 Å². The molecule has 0 bridgehead atoms. The fourth-order valence-corrected chi connectivity index (χ4v) is 2.80. The minimum Gasteiger partial charge on any atom is -0.494 e. The lowest BCUT2D eigenvalue weighted by Crippen LogP contribution is -2.29. The molecule has 1 aromatic carbocycles. The molecule has 5 nitrogen and oxygen atoms in total. The van der Waals surface area contributed by atoms with E-state index in [1.54, 1.807) is 6.07 Å². The summed E-state index contributed by atoms with van der Waals surface area (Å²) in [5.41, 5.74) is 7.37. The van der Waals surface area contributed by atoms with Crippen LogP contribution in [0.1, 0.15) is 19.8 Å². The molecular formula is C15H21FN4O. The van der Waals surface area contributed by atoms with Gasteiger partial charge in [0, 0.05) is 31.3 Å². The van der Waals surface area contributed by atoms with Crippen LogP contribution in [0.15, 0.2) is 12.1 Å². The van der Waals surface area contributed by atoms with Gasteiger partial charge in [0.25, 0.3) is 0 Å². The van der Waals surface area contributed by atoms with Crippen LogP contribution in [0.25, 0.3) is 11.0 Å². The van der Waals surface area contributed by atoms with Crippen molar-refractivity contribution in [2.75, 3.05) is 25.9 Å². The highest BCUT2D eigenvalue weighted by molar-refractivity contribution is 5.80. The smallest absolute Gasteiger partial charge is 0.201 e. The van der Waals surface area contributed by atoms with Crippen molar-refractivity contribution >= 4 is 17.0 Å². The number of nitrogens with two attached hydrogens (primary N) is 1. The van der Waals surface area contributed by atoms with E-state index < -0.39 is 5.82 Å². The van der Waals surface area contributed by atoms with Crippen molar-refractivity contribution < 1.29 is 9.13 Å². The van der Waals surface area contributed by atoms with Gasteiger partial charge in [-0.3, -0.25) is 4.90 Å². The van der Waals surface area contributed by atoms with E-state index in [-0.39, 0.29) is 5.75 Å². The van der Waals surface area contributed by atoms with Gasteiger partial charge in [-0.2, -0.15) is 0 Å². The summed E-state index contributed by atoms with van der Waals surface area (Å²) in [5, 5.41) is 0. The maximum Gasteiger partial charge on any atom is 0.201 e. The number of benzene rings is 1. The third kappa shape index (κ3) is 2.68. The lowest BCUT2D eigenvalue weighted by Gasteiger charge is -2.20. The molecule has 21 heavy (non-hydrogen) atoms.